The van der Waals surface area contributed by atoms with Gasteiger partial charge >= 0.3 is 6.18 Å². The maximum absolute atomic E-state index is 13.7. The van der Waals surface area contributed by atoms with E-state index in [9.17, 15) is 32.8 Å². The molecule has 0 unspecified atom stereocenters. The molecule has 2 rings (SSSR count). The molecule has 1 aliphatic rings. The van der Waals surface area contributed by atoms with Crippen LogP contribution in [0.4, 0.5) is 19.1 Å². The number of alkyl halides is 3. The SMILES string of the molecule is CCCCC[C@H](CN(O)C=O)C(=O)N(N)c1ncc(C(=O)NN2CCCCC2)c(C(F)(F)F)n1. The first-order valence-corrected chi connectivity index (χ1v) is 11.1. The van der Waals surface area contributed by atoms with Crippen molar-refractivity contribution in [2.24, 2.45) is 11.8 Å². The van der Waals surface area contributed by atoms with E-state index < -0.39 is 47.7 Å². The summed E-state index contributed by atoms with van der Waals surface area (Å²) < 4.78 is 41.1. The second kappa shape index (κ2) is 12.6. The van der Waals surface area contributed by atoms with Crippen molar-refractivity contribution in [3.63, 3.8) is 0 Å². The highest BCUT2D eigenvalue weighted by atomic mass is 19.4. The second-order valence-electron chi connectivity index (χ2n) is 8.05. The average Bonchev–Trinajstić information content (AvgIpc) is 2.82. The van der Waals surface area contributed by atoms with Crippen molar-refractivity contribution in [2.45, 2.75) is 58.0 Å². The normalized spacial score (nSPS) is 15.5. The van der Waals surface area contributed by atoms with Crippen molar-refractivity contribution in [1.82, 2.24) is 25.5 Å². The van der Waals surface area contributed by atoms with Crippen LogP contribution in [0.3, 0.4) is 0 Å². The average molecular weight is 489 g/mol. The fourth-order valence-corrected chi connectivity index (χ4v) is 3.58. The first-order chi connectivity index (χ1) is 16.1. The largest absolute Gasteiger partial charge is 0.434 e. The standard InChI is InChI=1S/C20H30F3N7O4/c1-2-3-5-8-14(12-29(34)13-31)18(33)30(24)19-25-11-15(16(26-19)20(21,22)23)17(32)27-28-9-6-4-7-10-28/h11,13-14,34H,2-10,12,24H2,1H3,(H,27,32)/t14-/m1/s1. The number of hydrogen-bond acceptors (Lipinski definition) is 8. The number of carbonyl (C=O) groups is 3. The Labute approximate surface area is 195 Å². The molecule has 190 valence electrons. The number of aromatic nitrogens is 2. The quantitative estimate of drug-likeness (QED) is 0.107. The summed E-state index contributed by atoms with van der Waals surface area (Å²) in [6.07, 6.45) is 0.740. The van der Waals surface area contributed by atoms with E-state index >= 15 is 0 Å². The molecule has 1 saturated heterocycles. The number of halogens is 3. The van der Waals surface area contributed by atoms with Crippen LogP contribution in [0.5, 0.6) is 0 Å². The van der Waals surface area contributed by atoms with Crippen molar-refractivity contribution in [2.75, 3.05) is 24.6 Å². The van der Waals surface area contributed by atoms with Crippen LogP contribution in [0.25, 0.3) is 0 Å². The minimum atomic E-state index is -5.02. The Hall–Kier alpha value is -2.84. The number of nitrogens with one attached hydrogen (secondary N) is 1. The molecule has 34 heavy (non-hydrogen) atoms. The van der Waals surface area contributed by atoms with E-state index in [2.05, 4.69) is 15.4 Å². The molecule has 0 spiro atoms. The summed E-state index contributed by atoms with van der Waals surface area (Å²) in [4.78, 5) is 43.2. The van der Waals surface area contributed by atoms with Gasteiger partial charge in [-0.05, 0) is 19.3 Å². The van der Waals surface area contributed by atoms with Gasteiger partial charge in [-0.1, -0.05) is 32.6 Å². The summed E-state index contributed by atoms with van der Waals surface area (Å²) in [7, 11) is 0. The molecule has 2 heterocycles. The number of rotatable bonds is 11. The number of nitrogens with zero attached hydrogens (tertiary/aromatic N) is 5. The van der Waals surface area contributed by atoms with Gasteiger partial charge in [-0.3, -0.25) is 25.0 Å². The Morgan fingerprint density at radius 1 is 1.29 bits per heavy atom. The lowest BCUT2D eigenvalue weighted by Crippen LogP contribution is -2.47. The third-order valence-corrected chi connectivity index (χ3v) is 5.39. The number of hydroxylamine groups is 2. The Bertz CT molecular complexity index is 850. The van der Waals surface area contributed by atoms with Crippen LogP contribution < -0.4 is 16.3 Å². The molecule has 0 aliphatic carbocycles. The molecule has 1 fully saturated rings. The lowest BCUT2D eigenvalue weighted by molar-refractivity contribution is -0.154. The molecule has 4 N–H and O–H groups in total. The van der Waals surface area contributed by atoms with Crippen LogP contribution in [-0.4, -0.2) is 63.1 Å². The van der Waals surface area contributed by atoms with E-state index in [1.54, 1.807) is 0 Å². The van der Waals surface area contributed by atoms with Gasteiger partial charge in [-0.15, -0.1) is 0 Å². The van der Waals surface area contributed by atoms with E-state index in [0.717, 1.165) is 32.1 Å². The van der Waals surface area contributed by atoms with Gasteiger partial charge in [-0.2, -0.15) is 13.2 Å². The van der Waals surface area contributed by atoms with Crippen molar-refractivity contribution >= 4 is 24.2 Å². The van der Waals surface area contributed by atoms with E-state index in [1.165, 1.54) is 5.01 Å². The summed E-state index contributed by atoms with van der Waals surface area (Å²) in [6.45, 7) is 2.56. The van der Waals surface area contributed by atoms with Crippen LogP contribution >= 0.6 is 0 Å². The number of carbonyl (C=O) groups excluding carboxylic acids is 3. The maximum atomic E-state index is 13.7. The van der Waals surface area contributed by atoms with Gasteiger partial charge < -0.3 is 0 Å². The molecule has 3 amide bonds. The third kappa shape index (κ3) is 7.60. The van der Waals surface area contributed by atoms with Crippen molar-refractivity contribution in [1.29, 1.82) is 0 Å². The molecule has 11 nitrogen and oxygen atoms in total. The number of nitrogens with two attached hydrogens (primary N) is 1. The number of piperidine rings is 1. The summed E-state index contributed by atoms with van der Waals surface area (Å²) >= 11 is 0. The third-order valence-electron chi connectivity index (χ3n) is 5.39. The summed E-state index contributed by atoms with van der Waals surface area (Å²) in [5, 5.41) is 11.6. The van der Waals surface area contributed by atoms with Crippen molar-refractivity contribution in [3.8, 4) is 0 Å². The zero-order chi connectivity index (χ0) is 25.3. The molecule has 0 aromatic carbocycles. The molecule has 0 radical (unpaired) electrons. The fraction of sp³-hybridized carbons (Fsp3) is 0.650. The van der Waals surface area contributed by atoms with E-state index in [-0.39, 0.29) is 17.9 Å². The van der Waals surface area contributed by atoms with Gasteiger partial charge in [0.25, 0.3) is 5.91 Å². The molecule has 14 heteroatoms. The Kier molecular flexibility index (Phi) is 10.1. The van der Waals surface area contributed by atoms with Crippen LogP contribution in [0.1, 0.15) is 67.9 Å². The van der Waals surface area contributed by atoms with Crippen LogP contribution in [0.15, 0.2) is 6.20 Å². The first-order valence-electron chi connectivity index (χ1n) is 11.1. The number of hydrogen-bond donors (Lipinski definition) is 3. The van der Waals surface area contributed by atoms with Gasteiger partial charge in [0.1, 0.15) is 0 Å². The summed E-state index contributed by atoms with van der Waals surface area (Å²) in [6, 6.07) is 0. The minimum Gasteiger partial charge on any atom is -0.286 e. The van der Waals surface area contributed by atoms with Gasteiger partial charge in [0, 0.05) is 19.3 Å². The van der Waals surface area contributed by atoms with E-state index in [1.807, 2.05) is 6.92 Å². The smallest absolute Gasteiger partial charge is 0.286 e. The molecule has 1 aromatic heterocycles. The fourth-order valence-electron chi connectivity index (χ4n) is 3.58. The lowest BCUT2D eigenvalue weighted by Gasteiger charge is -2.27. The highest BCUT2D eigenvalue weighted by Gasteiger charge is 2.39. The first kappa shape index (κ1) is 27.4. The van der Waals surface area contributed by atoms with Crippen LogP contribution in [0, 0.1) is 5.92 Å². The number of unbranched alkanes of at least 4 members (excludes halogenated alkanes) is 2. The summed E-state index contributed by atoms with van der Waals surface area (Å²) in [5.41, 5.74) is 0.0961. The van der Waals surface area contributed by atoms with Gasteiger partial charge in [0.05, 0.1) is 18.0 Å². The molecular formula is C20H30F3N7O4. The molecule has 0 saturated carbocycles. The second-order valence-corrected chi connectivity index (χ2v) is 8.05. The number of anilines is 1. The Balaban J connectivity index is 2.27. The van der Waals surface area contributed by atoms with Crippen molar-refractivity contribution < 1.29 is 32.8 Å². The monoisotopic (exact) mass is 489 g/mol. The van der Waals surface area contributed by atoms with Gasteiger partial charge in [0.2, 0.25) is 18.3 Å². The molecular weight excluding hydrogens is 459 g/mol. The zero-order valence-corrected chi connectivity index (χ0v) is 18.9. The predicted octanol–water partition coefficient (Wildman–Crippen LogP) is 1.88. The van der Waals surface area contributed by atoms with E-state index in [4.69, 9.17) is 5.84 Å². The number of hydrazine groups is 2. The van der Waals surface area contributed by atoms with Crippen LogP contribution in [0.2, 0.25) is 0 Å². The Morgan fingerprint density at radius 3 is 2.56 bits per heavy atom. The molecule has 0 bridgehead atoms. The van der Waals surface area contributed by atoms with Gasteiger partial charge in [0.15, 0.2) is 5.69 Å². The highest BCUT2D eigenvalue weighted by molar-refractivity contribution is 5.96. The molecule has 1 aliphatic heterocycles. The molecule has 1 aromatic rings. The molecule has 1 atom stereocenters. The van der Waals surface area contributed by atoms with Crippen LogP contribution in [-0.2, 0) is 15.8 Å². The topological polar surface area (TPSA) is 145 Å². The maximum Gasteiger partial charge on any atom is 0.434 e. The highest BCUT2D eigenvalue weighted by Crippen LogP contribution is 2.31. The Morgan fingerprint density at radius 2 is 1.97 bits per heavy atom. The lowest BCUT2D eigenvalue weighted by atomic mass is 10.00. The zero-order valence-electron chi connectivity index (χ0n) is 18.9. The van der Waals surface area contributed by atoms with Crippen molar-refractivity contribution in [3.05, 3.63) is 17.5 Å². The minimum absolute atomic E-state index is 0.106. The van der Waals surface area contributed by atoms with E-state index in [0.29, 0.717) is 30.7 Å². The summed E-state index contributed by atoms with van der Waals surface area (Å²) in [5.74, 6) is 2.09. The van der Waals surface area contributed by atoms with Gasteiger partial charge in [-0.25, -0.2) is 30.9 Å². The predicted molar refractivity (Wildman–Crippen MR) is 114 cm³/mol. The number of amides is 3.